The number of amides is 3. The van der Waals surface area contributed by atoms with Gasteiger partial charge in [-0.25, -0.2) is 4.79 Å². The molecule has 146 valence electrons. The van der Waals surface area contributed by atoms with E-state index in [4.69, 9.17) is 4.74 Å². The van der Waals surface area contributed by atoms with Crippen LogP contribution in [0, 0.1) is 5.92 Å². The fourth-order valence-electron chi connectivity index (χ4n) is 4.78. The lowest BCUT2D eigenvalue weighted by Gasteiger charge is -2.44. The fraction of sp³-hybridized carbons (Fsp3) is 0.619. The number of fused-ring (bicyclic) bond motifs is 1. The second-order valence-electron chi connectivity index (χ2n) is 7.94. The number of nitrogens with zero attached hydrogens (tertiary/aromatic N) is 1. The number of hydrogen-bond acceptors (Lipinski definition) is 3. The minimum absolute atomic E-state index is 0.0207. The Morgan fingerprint density at radius 3 is 2.81 bits per heavy atom. The van der Waals surface area contributed by atoms with Gasteiger partial charge >= 0.3 is 6.03 Å². The Labute approximate surface area is 160 Å². The Bertz CT molecular complexity index is 666. The van der Waals surface area contributed by atoms with E-state index in [-0.39, 0.29) is 42.6 Å². The van der Waals surface area contributed by atoms with E-state index in [1.807, 2.05) is 18.2 Å². The quantitative estimate of drug-likeness (QED) is 0.858. The number of benzene rings is 1. The summed E-state index contributed by atoms with van der Waals surface area (Å²) in [6.07, 6.45) is 6.24. The molecule has 1 aromatic rings. The highest BCUT2D eigenvalue weighted by Crippen LogP contribution is 2.33. The maximum Gasteiger partial charge on any atom is 0.318 e. The summed E-state index contributed by atoms with van der Waals surface area (Å²) in [6.45, 7) is 1.50. The molecule has 2 heterocycles. The monoisotopic (exact) mass is 371 g/mol. The highest BCUT2D eigenvalue weighted by Gasteiger charge is 2.39. The first kappa shape index (κ1) is 18.3. The molecule has 1 aliphatic carbocycles. The molecule has 6 heteroatoms. The summed E-state index contributed by atoms with van der Waals surface area (Å²) in [7, 11) is 0. The third-order valence-corrected chi connectivity index (χ3v) is 6.14. The van der Waals surface area contributed by atoms with Gasteiger partial charge in [-0.2, -0.15) is 0 Å². The molecule has 4 unspecified atom stereocenters. The fourth-order valence-corrected chi connectivity index (χ4v) is 4.78. The summed E-state index contributed by atoms with van der Waals surface area (Å²) in [5.74, 6) is 0.210. The number of carbonyl (C=O) groups excluding carboxylic acids is 2. The Morgan fingerprint density at radius 1 is 1.15 bits per heavy atom. The Morgan fingerprint density at radius 2 is 1.96 bits per heavy atom. The number of ether oxygens (including phenoxy) is 1. The zero-order chi connectivity index (χ0) is 18.6. The van der Waals surface area contributed by atoms with Crippen molar-refractivity contribution in [3.8, 4) is 0 Å². The normalized spacial score (nSPS) is 31.0. The maximum atomic E-state index is 12.9. The van der Waals surface area contributed by atoms with E-state index in [0.717, 1.165) is 45.1 Å². The van der Waals surface area contributed by atoms with Crippen LogP contribution in [0.25, 0.3) is 0 Å². The Balaban J connectivity index is 1.39. The number of piperazine rings is 1. The second-order valence-corrected chi connectivity index (χ2v) is 7.94. The molecule has 1 aromatic carbocycles. The minimum Gasteiger partial charge on any atom is -0.373 e. The van der Waals surface area contributed by atoms with Crippen LogP contribution in [-0.2, 0) is 9.53 Å². The van der Waals surface area contributed by atoms with Gasteiger partial charge in [0.25, 0.3) is 0 Å². The van der Waals surface area contributed by atoms with Crippen LogP contribution in [0.2, 0.25) is 0 Å². The average molecular weight is 371 g/mol. The molecule has 3 amide bonds. The third-order valence-electron chi connectivity index (χ3n) is 6.14. The van der Waals surface area contributed by atoms with Gasteiger partial charge in [0.2, 0.25) is 5.91 Å². The topological polar surface area (TPSA) is 70.7 Å². The molecule has 0 spiro atoms. The van der Waals surface area contributed by atoms with Crippen molar-refractivity contribution >= 4 is 11.9 Å². The largest absolute Gasteiger partial charge is 0.373 e. The summed E-state index contributed by atoms with van der Waals surface area (Å²) >= 11 is 0. The summed E-state index contributed by atoms with van der Waals surface area (Å²) in [5.41, 5.74) is 1.17. The molecule has 2 N–H and O–H groups in total. The minimum atomic E-state index is -0.112. The summed E-state index contributed by atoms with van der Waals surface area (Å²) in [5, 5.41) is 6.16. The molecule has 4 rings (SSSR count). The van der Waals surface area contributed by atoms with Crippen LogP contribution in [0.1, 0.15) is 50.2 Å². The standard InChI is InChI=1S/C21H29N3O3/c25-19-14-24(18-11-5-4-10-17(18)23-19)21(26)22-13-16-9-6-12-27-20(16)15-7-2-1-3-8-15/h1-3,7-8,16-18,20H,4-6,9-14H2,(H,22,26)(H,23,25). The lowest BCUT2D eigenvalue weighted by atomic mass is 9.87. The van der Waals surface area contributed by atoms with Gasteiger partial charge in [-0.1, -0.05) is 43.2 Å². The van der Waals surface area contributed by atoms with Crippen LogP contribution in [0.15, 0.2) is 30.3 Å². The van der Waals surface area contributed by atoms with E-state index < -0.39 is 0 Å². The van der Waals surface area contributed by atoms with Gasteiger partial charge in [-0.3, -0.25) is 4.79 Å². The SMILES string of the molecule is O=C1CN(C(=O)NCC2CCCOC2c2ccccc2)C2CCCCC2N1. The molecule has 0 bridgehead atoms. The zero-order valence-electron chi connectivity index (χ0n) is 15.7. The zero-order valence-corrected chi connectivity index (χ0v) is 15.7. The van der Waals surface area contributed by atoms with Gasteiger partial charge in [-0.05, 0) is 31.2 Å². The van der Waals surface area contributed by atoms with Crippen molar-refractivity contribution in [1.29, 1.82) is 0 Å². The van der Waals surface area contributed by atoms with Gasteiger partial charge in [-0.15, -0.1) is 0 Å². The van der Waals surface area contributed by atoms with Crippen molar-refractivity contribution in [2.75, 3.05) is 19.7 Å². The van der Waals surface area contributed by atoms with Gasteiger partial charge in [0.1, 0.15) is 6.54 Å². The van der Waals surface area contributed by atoms with Crippen molar-refractivity contribution in [2.45, 2.75) is 56.7 Å². The first-order valence-corrected chi connectivity index (χ1v) is 10.2. The second kappa shape index (κ2) is 8.30. The van der Waals surface area contributed by atoms with Crippen molar-refractivity contribution in [3.05, 3.63) is 35.9 Å². The Kier molecular flexibility index (Phi) is 5.62. The van der Waals surface area contributed by atoms with Crippen molar-refractivity contribution in [3.63, 3.8) is 0 Å². The van der Waals surface area contributed by atoms with E-state index in [1.54, 1.807) is 4.90 Å². The molecule has 0 aromatic heterocycles. The number of rotatable bonds is 3. The summed E-state index contributed by atoms with van der Waals surface area (Å²) in [6, 6.07) is 10.4. The number of urea groups is 1. The molecule has 2 saturated heterocycles. The van der Waals surface area contributed by atoms with Gasteiger partial charge in [0.05, 0.1) is 12.1 Å². The van der Waals surface area contributed by atoms with Crippen molar-refractivity contribution < 1.29 is 14.3 Å². The number of carbonyl (C=O) groups is 2. The van der Waals surface area contributed by atoms with Crippen LogP contribution in [0.3, 0.4) is 0 Å². The average Bonchev–Trinajstić information content (AvgIpc) is 2.72. The molecular formula is C21H29N3O3. The molecule has 27 heavy (non-hydrogen) atoms. The predicted molar refractivity (Wildman–Crippen MR) is 102 cm³/mol. The van der Waals surface area contributed by atoms with Crippen molar-refractivity contribution in [2.24, 2.45) is 5.92 Å². The highest BCUT2D eigenvalue weighted by atomic mass is 16.5. The van der Waals surface area contributed by atoms with E-state index in [1.165, 1.54) is 5.56 Å². The van der Waals surface area contributed by atoms with Crippen LogP contribution < -0.4 is 10.6 Å². The molecule has 1 saturated carbocycles. The smallest absolute Gasteiger partial charge is 0.318 e. The van der Waals surface area contributed by atoms with Crippen LogP contribution in [0.4, 0.5) is 4.79 Å². The van der Waals surface area contributed by atoms with Crippen molar-refractivity contribution in [1.82, 2.24) is 15.5 Å². The summed E-state index contributed by atoms with van der Waals surface area (Å²) < 4.78 is 6.03. The predicted octanol–water partition coefficient (Wildman–Crippen LogP) is 2.61. The molecule has 6 nitrogen and oxygen atoms in total. The molecule has 3 fully saturated rings. The van der Waals surface area contributed by atoms with E-state index in [2.05, 4.69) is 22.8 Å². The first-order chi connectivity index (χ1) is 13.2. The molecule has 3 aliphatic rings. The number of nitrogens with one attached hydrogen (secondary N) is 2. The Hall–Kier alpha value is -2.08. The van der Waals surface area contributed by atoms with Gasteiger partial charge < -0.3 is 20.3 Å². The molecule has 0 radical (unpaired) electrons. The summed E-state index contributed by atoms with van der Waals surface area (Å²) in [4.78, 5) is 26.7. The lowest BCUT2D eigenvalue weighted by molar-refractivity contribution is -0.126. The third kappa shape index (κ3) is 4.10. The number of hydrogen-bond donors (Lipinski definition) is 2. The lowest BCUT2D eigenvalue weighted by Crippen LogP contribution is -2.64. The highest BCUT2D eigenvalue weighted by molar-refractivity contribution is 5.86. The van der Waals surface area contributed by atoms with Gasteiger partial charge in [0, 0.05) is 25.1 Å². The van der Waals surface area contributed by atoms with E-state index in [9.17, 15) is 9.59 Å². The molecule has 4 atom stereocenters. The van der Waals surface area contributed by atoms with Gasteiger partial charge in [0.15, 0.2) is 0 Å². The maximum absolute atomic E-state index is 12.9. The molecule has 2 aliphatic heterocycles. The van der Waals surface area contributed by atoms with Crippen LogP contribution in [0.5, 0.6) is 0 Å². The van der Waals surface area contributed by atoms with E-state index >= 15 is 0 Å². The van der Waals surface area contributed by atoms with Crippen LogP contribution in [-0.4, -0.2) is 48.6 Å². The van der Waals surface area contributed by atoms with E-state index in [0.29, 0.717) is 6.54 Å². The van der Waals surface area contributed by atoms with Crippen LogP contribution >= 0.6 is 0 Å². The molecular weight excluding hydrogens is 342 g/mol. The first-order valence-electron chi connectivity index (χ1n) is 10.2.